The van der Waals surface area contributed by atoms with Crippen LogP contribution in [0.5, 0.6) is 5.75 Å². The Labute approximate surface area is 128 Å². The number of hydrogen-bond donors (Lipinski definition) is 2. The molecule has 0 spiro atoms. The number of hydrogen-bond acceptors (Lipinski definition) is 3. The van der Waals surface area contributed by atoms with Crippen LogP contribution in [-0.4, -0.2) is 18.8 Å². The highest BCUT2D eigenvalue weighted by Gasteiger charge is 2.13. The fourth-order valence-corrected chi connectivity index (χ4v) is 2.30. The second-order valence-electron chi connectivity index (χ2n) is 4.26. The average molecular weight is 312 g/mol. The molecule has 2 aromatic carbocycles. The van der Waals surface area contributed by atoms with Crippen LogP contribution in [0.15, 0.2) is 42.5 Å². The first kappa shape index (κ1) is 15.0. The zero-order valence-corrected chi connectivity index (χ0v) is 12.4. The first-order valence-corrected chi connectivity index (χ1v) is 6.87. The van der Waals surface area contributed by atoms with Gasteiger partial charge in [0.25, 0.3) is 0 Å². The van der Waals surface area contributed by atoms with Crippen molar-refractivity contribution in [1.29, 1.82) is 0 Å². The van der Waals surface area contributed by atoms with E-state index in [0.717, 1.165) is 11.4 Å². The highest BCUT2D eigenvalue weighted by Crippen LogP contribution is 2.28. The van der Waals surface area contributed by atoms with Gasteiger partial charge in [-0.25, -0.2) is 0 Å². The molecule has 0 aromatic heterocycles. The van der Waals surface area contributed by atoms with Crippen molar-refractivity contribution in [2.45, 2.75) is 6.10 Å². The van der Waals surface area contributed by atoms with Gasteiger partial charge in [0.1, 0.15) is 5.75 Å². The molecule has 0 amide bonds. The molecule has 0 fully saturated rings. The summed E-state index contributed by atoms with van der Waals surface area (Å²) in [6, 6.07) is 12.5. The third kappa shape index (κ3) is 3.57. The highest BCUT2D eigenvalue weighted by atomic mass is 35.5. The summed E-state index contributed by atoms with van der Waals surface area (Å²) < 4.78 is 5.23. The number of nitrogens with one attached hydrogen (secondary N) is 1. The lowest BCUT2D eigenvalue weighted by molar-refractivity contribution is 0.191. The number of aliphatic hydroxyl groups is 1. The molecular formula is C15H15Cl2NO2. The van der Waals surface area contributed by atoms with Gasteiger partial charge in [-0.15, -0.1) is 0 Å². The lowest BCUT2D eigenvalue weighted by Crippen LogP contribution is -2.13. The summed E-state index contributed by atoms with van der Waals surface area (Å²) in [5, 5.41) is 14.4. The third-order valence-electron chi connectivity index (χ3n) is 2.91. The number of anilines is 1. The van der Waals surface area contributed by atoms with Crippen LogP contribution < -0.4 is 10.1 Å². The van der Waals surface area contributed by atoms with Gasteiger partial charge in [-0.3, -0.25) is 0 Å². The quantitative estimate of drug-likeness (QED) is 0.871. The number of aliphatic hydroxyl groups excluding tert-OH is 1. The van der Waals surface area contributed by atoms with Gasteiger partial charge in [-0.1, -0.05) is 35.3 Å². The predicted octanol–water partition coefficient (Wildman–Crippen LogP) is 4.15. The first-order valence-electron chi connectivity index (χ1n) is 6.11. The molecule has 1 unspecified atom stereocenters. The smallest absolute Gasteiger partial charge is 0.141 e. The van der Waals surface area contributed by atoms with Crippen LogP contribution in [0.25, 0.3) is 0 Å². The highest BCUT2D eigenvalue weighted by molar-refractivity contribution is 6.33. The van der Waals surface area contributed by atoms with Gasteiger partial charge in [-0.2, -0.15) is 0 Å². The molecule has 0 aliphatic heterocycles. The summed E-state index contributed by atoms with van der Waals surface area (Å²) in [6.45, 7) is 0.306. The molecule has 0 saturated carbocycles. The Kier molecular flexibility index (Phi) is 5.12. The molecule has 0 saturated heterocycles. The van der Waals surface area contributed by atoms with Crippen LogP contribution in [0, 0.1) is 0 Å². The molecule has 0 bridgehead atoms. The standard InChI is InChI=1S/C15H15Cl2NO2/c1-20-15-5-3-2-4-13(15)18-9-14(19)11-8-10(16)6-7-12(11)17/h2-8,14,18-19H,9H2,1H3. The van der Waals surface area contributed by atoms with Gasteiger partial charge in [0.2, 0.25) is 0 Å². The summed E-state index contributed by atoms with van der Waals surface area (Å²) in [7, 11) is 1.60. The van der Waals surface area contributed by atoms with Crippen LogP contribution in [0.1, 0.15) is 11.7 Å². The molecule has 106 valence electrons. The first-order chi connectivity index (χ1) is 9.61. The molecule has 20 heavy (non-hydrogen) atoms. The van der Waals surface area contributed by atoms with Crippen molar-refractivity contribution in [1.82, 2.24) is 0 Å². The Morgan fingerprint density at radius 2 is 1.95 bits per heavy atom. The number of ether oxygens (including phenoxy) is 1. The molecule has 0 aliphatic rings. The monoisotopic (exact) mass is 311 g/mol. The fourth-order valence-electron chi connectivity index (χ4n) is 1.88. The number of methoxy groups -OCH3 is 1. The Morgan fingerprint density at radius 1 is 1.20 bits per heavy atom. The third-order valence-corrected chi connectivity index (χ3v) is 3.49. The molecule has 5 heteroatoms. The van der Waals surface area contributed by atoms with E-state index in [1.165, 1.54) is 0 Å². The molecule has 0 radical (unpaired) electrons. The summed E-state index contributed by atoms with van der Waals surface area (Å²) >= 11 is 12.0. The van der Waals surface area contributed by atoms with Crippen molar-refractivity contribution in [3.8, 4) is 5.75 Å². The van der Waals surface area contributed by atoms with Crippen LogP contribution in [-0.2, 0) is 0 Å². The van der Waals surface area contributed by atoms with E-state index in [0.29, 0.717) is 22.2 Å². The SMILES string of the molecule is COc1ccccc1NCC(O)c1cc(Cl)ccc1Cl. The Morgan fingerprint density at radius 3 is 2.70 bits per heavy atom. The van der Waals surface area contributed by atoms with E-state index < -0.39 is 6.10 Å². The maximum absolute atomic E-state index is 10.2. The van der Waals surface area contributed by atoms with Gasteiger partial charge >= 0.3 is 0 Å². The minimum absolute atomic E-state index is 0.306. The van der Waals surface area contributed by atoms with Crippen LogP contribution >= 0.6 is 23.2 Å². The largest absolute Gasteiger partial charge is 0.495 e. The van der Waals surface area contributed by atoms with E-state index in [9.17, 15) is 5.11 Å². The Balaban J connectivity index is 2.08. The van der Waals surface area contributed by atoms with Crippen molar-refractivity contribution in [2.75, 3.05) is 19.0 Å². The van der Waals surface area contributed by atoms with Gasteiger partial charge in [0, 0.05) is 22.2 Å². The Hall–Kier alpha value is -1.42. The van der Waals surface area contributed by atoms with Crippen molar-refractivity contribution < 1.29 is 9.84 Å². The zero-order valence-electron chi connectivity index (χ0n) is 10.9. The summed E-state index contributed by atoms with van der Waals surface area (Å²) in [6.07, 6.45) is -0.758. The Bertz CT molecular complexity index is 590. The van der Waals surface area contributed by atoms with Gasteiger partial charge < -0.3 is 15.2 Å². The maximum atomic E-state index is 10.2. The number of halogens is 2. The minimum atomic E-state index is -0.758. The number of benzene rings is 2. The molecule has 2 aromatic rings. The van der Waals surface area contributed by atoms with E-state index in [-0.39, 0.29) is 0 Å². The molecule has 2 rings (SSSR count). The van der Waals surface area contributed by atoms with Crippen molar-refractivity contribution in [3.05, 3.63) is 58.1 Å². The molecule has 2 N–H and O–H groups in total. The topological polar surface area (TPSA) is 41.5 Å². The molecule has 3 nitrogen and oxygen atoms in total. The van der Waals surface area contributed by atoms with E-state index in [1.807, 2.05) is 24.3 Å². The predicted molar refractivity (Wildman–Crippen MR) is 82.9 cm³/mol. The van der Waals surface area contributed by atoms with Crippen molar-refractivity contribution in [2.24, 2.45) is 0 Å². The lowest BCUT2D eigenvalue weighted by Gasteiger charge is -2.16. The second-order valence-corrected chi connectivity index (χ2v) is 5.11. The van der Waals surface area contributed by atoms with E-state index >= 15 is 0 Å². The van der Waals surface area contributed by atoms with E-state index in [4.69, 9.17) is 27.9 Å². The summed E-state index contributed by atoms with van der Waals surface area (Å²) in [4.78, 5) is 0. The van der Waals surface area contributed by atoms with Crippen LogP contribution in [0.2, 0.25) is 10.0 Å². The lowest BCUT2D eigenvalue weighted by atomic mass is 10.1. The van der Waals surface area contributed by atoms with E-state index in [1.54, 1.807) is 25.3 Å². The van der Waals surface area contributed by atoms with E-state index in [2.05, 4.69) is 5.32 Å². The minimum Gasteiger partial charge on any atom is -0.495 e. The maximum Gasteiger partial charge on any atom is 0.141 e. The van der Waals surface area contributed by atoms with Crippen molar-refractivity contribution >= 4 is 28.9 Å². The number of para-hydroxylation sites is 2. The van der Waals surface area contributed by atoms with Crippen LogP contribution in [0.3, 0.4) is 0 Å². The summed E-state index contributed by atoms with van der Waals surface area (Å²) in [5.41, 5.74) is 1.41. The van der Waals surface area contributed by atoms with Gasteiger partial charge in [0.15, 0.2) is 0 Å². The zero-order chi connectivity index (χ0) is 14.5. The van der Waals surface area contributed by atoms with Crippen LogP contribution in [0.4, 0.5) is 5.69 Å². The molecule has 0 heterocycles. The van der Waals surface area contributed by atoms with Crippen molar-refractivity contribution in [3.63, 3.8) is 0 Å². The number of rotatable bonds is 5. The summed E-state index contributed by atoms with van der Waals surface area (Å²) in [5.74, 6) is 0.719. The molecular weight excluding hydrogens is 297 g/mol. The molecule has 1 atom stereocenters. The normalized spacial score (nSPS) is 12.0. The van der Waals surface area contributed by atoms with Gasteiger partial charge in [-0.05, 0) is 30.3 Å². The second kappa shape index (κ2) is 6.84. The molecule has 0 aliphatic carbocycles. The fraction of sp³-hybridized carbons (Fsp3) is 0.200. The average Bonchev–Trinajstić information content (AvgIpc) is 2.47. The van der Waals surface area contributed by atoms with Gasteiger partial charge in [0.05, 0.1) is 18.9 Å².